The highest BCUT2D eigenvalue weighted by molar-refractivity contribution is 7.69. The summed E-state index contributed by atoms with van der Waals surface area (Å²) in [4.78, 5) is 0. The predicted molar refractivity (Wildman–Crippen MR) is 207 cm³/mol. The zero-order valence-electron chi connectivity index (χ0n) is 31.6. The minimum atomic E-state index is -2.51. The van der Waals surface area contributed by atoms with E-state index in [0.717, 1.165) is 0 Å². The van der Waals surface area contributed by atoms with Crippen LogP contribution < -0.4 is 20.3 Å². The van der Waals surface area contributed by atoms with Gasteiger partial charge in [-0.3, -0.25) is 0 Å². The monoisotopic (exact) mass is 661 g/mol. The van der Waals surface area contributed by atoms with Gasteiger partial charge in [-0.25, -0.2) is 0 Å². The Labute approximate surface area is 291 Å². The first kappa shape index (κ1) is 35.0. The van der Waals surface area contributed by atoms with Gasteiger partial charge < -0.3 is 0 Å². The molecule has 2 aliphatic heterocycles. The lowest BCUT2D eigenvalue weighted by Gasteiger charge is -2.44. The first-order valence-electron chi connectivity index (χ1n) is 17.9. The van der Waals surface area contributed by atoms with Gasteiger partial charge in [0.15, 0.2) is 0 Å². The maximum Gasteiger partial charge on any atom is 0.301 e. The molecule has 2 unspecified atom stereocenters. The molecule has 2 fully saturated rings. The summed E-state index contributed by atoms with van der Waals surface area (Å²) in [5.74, 6) is 0.633. The fraction of sp³-hybridized carbons (Fsp3) is 0.442. The molecule has 4 aromatic carbocycles. The Balaban J connectivity index is 1.69. The largest absolute Gasteiger partial charge is 0.301 e. The van der Waals surface area contributed by atoms with Gasteiger partial charge in [-0.1, -0.05) is 123 Å². The SMILES string of the molecule is Cc1ccc(C2(c3ccc(C)cc3C)N[P+]3(N[C@H]2C(C)C)NC(c2ccc(C)cc2C)(c2ccc(C)cc2C)C(C)(C(C)C)N3)c(C)c1. The van der Waals surface area contributed by atoms with Gasteiger partial charge in [0.1, 0.15) is 11.1 Å². The lowest BCUT2D eigenvalue weighted by atomic mass is 9.63. The van der Waals surface area contributed by atoms with Crippen molar-refractivity contribution in [1.29, 1.82) is 0 Å². The van der Waals surface area contributed by atoms with Crippen LogP contribution in [0.25, 0.3) is 0 Å². The molecule has 4 N–H and O–H groups in total. The van der Waals surface area contributed by atoms with E-state index in [1.165, 1.54) is 66.8 Å². The summed E-state index contributed by atoms with van der Waals surface area (Å²) < 4.78 is 0. The average Bonchev–Trinajstić information content (AvgIpc) is 3.44. The number of aryl methyl sites for hydroxylation is 8. The lowest BCUT2D eigenvalue weighted by Crippen LogP contribution is -2.60. The molecule has 48 heavy (non-hydrogen) atoms. The highest BCUT2D eigenvalue weighted by Crippen LogP contribution is 2.68. The third-order valence-corrected chi connectivity index (χ3v) is 14.5. The first-order valence-corrected chi connectivity index (χ1v) is 19.6. The minimum absolute atomic E-state index is 0.110. The summed E-state index contributed by atoms with van der Waals surface area (Å²) in [5, 5.41) is 17.8. The summed E-state index contributed by atoms with van der Waals surface area (Å²) in [6.07, 6.45) is 0. The average molecular weight is 662 g/mol. The van der Waals surface area contributed by atoms with E-state index in [-0.39, 0.29) is 11.6 Å². The van der Waals surface area contributed by atoms with Crippen LogP contribution in [0.3, 0.4) is 0 Å². The molecule has 3 atom stereocenters. The third kappa shape index (κ3) is 5.22. The molecule has 0 radical (unpaired) electrons. The molecule has 0 saturated carbocycles. The van der Waals surface area contributed by atoms with E-state index in [1.807, 2.05) is 0 Å². The van der Waals surface area contributed by atoms with E-state index in [9.17, 15) is 0 Å². The van der Waals surface area contributed by atoms with Crippen LogP contribution in [0.4, 0.5) is 0 Å². The van der Waals surface area contributed by atoms with Gasteiger partial charge in [0.25, 0.3) is 0 Å². The van der Waals surface area contributed by atoms with Crippen molar-refractivity contribution in [3.63, 3.8) is 0 Å². The van der Waals surface area contributed by atoms with Crippen molar-refractivity contribution >= 4 is 7.87 Å². The highest BCUT2D eigenvalue weighted by Gasteiger charge is 2.76. The lowest BCUT2D eigenvalue weighted by molar-refractivity contribution is 0.200. The number of benzene rings is 4. The van der Waals surface area contributed by atoms with E-state index < -0.39 is 18.9 Å². The second kappa shape index (κ2) is 12.2. The molecule has 4 nitrogen and oxygen atoms in total. The Morgan fingerprint density at radius 2 is 0.896 bits per heavy atom. The zero-order chi connectivity index (χ0) is 35.0. The van der Waals surface area contributed by atoms with Crippen molar-refractivity contribution in [3.8, 4) is 0 Å². The topological polar surface area (TPSA) is 48.1 Å². The quantitative estimate of drug-likeness (QED) is 0.155. The van der Waals surface area contributed by atoms with Crippen LogP contribution >= 0.6 is 7.87 Å². The van der Waals surface area contributed by atoms with Crippen molar-refractivity contribution in [3.05, 3.63) is 140 Å². The van der Waals surface area contributed by atoms with Crippen molar-refractivity contribution in [1.82, 2.24) is 20.3 Å². The Hall–Kier alpha value is -2.85. The van der Waals surface area contributed by atoms with Crippen LogP contribution in [-0.4, -0.2) is 11.6 Å². The number of rotatable bonds is 6. The molecule has 0 aromatic heterocycles. The summed E-state index contributed by atoms with van der Waals surface area (Å²) >= 11 is 0. The number of nitrogens with one attached hydrogen (secondary N) is 4. The molecule has 0 aliphatic carbocycles. The van der Waals surface area contributed by atoms with Gasteiger partial charge in [0.2, 0.25) is 0 Å². The summed E-state index contributed by atoms with van der Waals surface area (Å²) in [5.41, 5.74) is 14.4. The second-order valence-electron chi connectivity index (χ2n) is 16.0. The van der Waals surface area contributed by atoms with Crippen LogP contribution in [0.1, 0.15) is 101 Å². The molecule has 4 aromatic rings. The minimum Gasteiger partial charge on any atom is -0.140 e. The van der Waals surface area contributed by atoms with Crippen molar-refractivity contribution < 1.29 is 0 Å². The Morgan fingerprint density at radius 3 is 1.23 bits per heavy atom. The summed E-state index contributed by atoms with van der Waals surface area (Å²) in [6, 6.07) is 28.2. The van der Waals surface area contributed by atoms with E-state index in [4.69, 9.17) is 0 Å². The van der Waals surface area contributed by atoms with E-state index >= 15 is 0 Å². The van der Waals surface area contributed by atoms with Crippen molar-refractivity contribution in [2.75, 3.05) is 0 Å². The Kier molecular flexibility index (Phi) is 8.88. The Bertz CT molecular complexity index is 1770. The van der Waals surface area contributed by atoms with Crippen molar-refractivity contribution in [2.24, 2.45) is 11.8 Å². The molecule has 254 valence electrons. The molecular weight excluding hydrogens is 603 g/mol. The smallest absolute Gasteiger partial charge is 0.140 e. The standard InChI is InChI=1S/C43H58N4P/c1-26(2)40-42(36-18-14-28(5)22-32(36)9,37-19-15-29(6)23-33(37)10)46-48(44-40)45-41(13,27(3)4)43(47-48,38-20-16-30(7)24-34(38)11)39-21-17-31(8)25-35(39)12/h14-27,40,44-47H,1-13H3/q+1/t40-,41?,48?/m0/s1. The van der Waals surface area contributed by atoms with Gasteiger partial charge in [0.05, 0.1) is 11.6 Å². The second-order valence-corrected chi connectivity index (χ2v) is 18.3. The summed E-state index contributed by atoms with van der Waals surface area (Å²) in [6.45, 7) is 30.0. The van der Waals surface area contributed by atoms with Gasteiger partial charge >= 0.3 is 7.87 Å². The van der Waals surface area contributed by atoms with Crippen LogP contribution in [-0.2, 0) is 11.1 Å². The van der Waals surface area contributed by atoms with Crippen molar-refractivity contribution in [2.45, 2.75) is 113 Å². The predicted octanol–water partition coefficient (Wildman–Crippen LogP) is 9.84. The normalized spacial score (nSPS) is 24.7. The summed E-state index contributed by atoms with van der Waals surface area (Å²) in [7, 11) is -2.51. The molecule has 1 spiro atoms. The van der Waals surface area contributed by atoms with E-state index in [0.29, 0.717) is 11.8 Å². The highest BCUT2D eigenvalue weighted by atomic mass is 31.2. The fourth-order valence-electron chi connectivity index (χ4n) is 9.24. The van der Waals surface area contributed by atoms with Gasteiger partial charge in [-0.05, 0) is 119 Å². The molecule has 0 bridgehead atoms. The molecule has 0 amide bonds. The molecule has 5 heteroatoms. The molecule has 2 heterocycles. The van der Waals surface area contributed by atoms with Gasteiger partial charge in [0, 0.05) is 0 Å². The van der Waals surface area contributed by atoms with Gasteiger partial charge in [-0.15, -0.1) is 20.3 Å². The number of hydrogen-bond donors (Lipinski definition) is 4. The molecule has 6 rings (SSSR count). The van der Waals surface area contributed by atoms with Crippen LogP contribution in [0, 0.1) is 67.2 Å². The maximum atomic E-state index is 4.52. The van der Waals surface area contributed by atoms with Crippen LogP contribution in [0.15, 0.2) is 72.8 Å². The first-order chi connectivity index (χ1) is 22.5. The van der Waals surface area contributed by atoms with Gasteiger partial charge in [-0.2, -0.15) is 0 Å². The maximum absolute atomic E-state index is 4.52. The molecule has 2 aliphatic rings. The molecular formula is C43H58N4P+. The Morgan fingerprint density at radius 1 is 0.521 bits per heavy atom. The zero-order valence-corrected chi connectivity index (χ0v) is 32.5. The third-order valence-electron chi connectivity index (χ3n) is 11.7. The van der Waals surface area contributed by atoms with Crippen LogP contribution in [0.5, 0.6) is 0 Å². The number of hydrogen-bond acceptors (Lipinski definition) is 4. The van der Waals surface area contributed by atoms with E-state index in [1.54, 1.807) is 0 Å². The fourth-order valence-corrected chi connectivity index (χ4v) is 13.5. The molecule has 2 saturated heterocycles. The van der Waals surface area contributed by atoms with Crippen LogP contribution in [0.2, 0.25) is 0 Å². The van der Waals surface area contributed by atoms with E-state index in [2.05, 4.69) is 183 Å².